The van der Waals surface area contributed by atoms with Gasteiger partial charge in [-0.05, 0) is 0 Å². The Labute approximate surface area is 116 Å². The third-order valence-electron chi connectivity index (χ3n) is 3.99. The number of rotatable bonds is 10. The van der Waals surface area contributed by atoms with Gasteiger partial charge in [-0.25, -0.2) is 0 Å². The second-order valence-electron chi connectivity index (χ2n) is 5.47. The third kappa shape index (κ3) is 4.60. The van der Waals surface area contributed by atoms with Crippen molar-refractivity contribution in [1.82, 2.24) is 5.16 Å². The van der Waals surface area contributed by atoms with Crippen molar-refractivity contribution in [1.29, 1.82) is 0 Å². The van der Waals surface area contributed by atoms with Crippen LogP contribution >= 0.6 is 0 Å². The molecule has 0 aliphatic heterocycles. The predicted molar refractivity (Wildman–Crippen MR) is 81.0 cm³/mol. The van der Waals surface area contributed by atoms with Gasteiger partial charge in [0.05, 0.1) is 0 Å². The summed E-state index contributed by atoms with van der Waals surface area (Å²) in [5, 5.41) is 3.99. The zero-order valence-electron chi connectivity index (χ0n) is 12.4. The number of unbranched alkanes of at least 4 members (excludes halogenated alkanes) is 3. The summed E-state index contributed by atoms with van der Waals surface area (Å²) < 4.78 is 11.3. The van der Waals surface area contributed by atoms with Crippen molar-refractivity contribution >= 4 is 22.2 Å². The van der Waals surface area contributed by atoms with Crippen molar-refractivity contribution in [3.63, 3.8) is 0 Å². The van der Waals surface area contributed by atoms with Gasteiger partial charge in [0, 0.05) is 0 Å². The van der Waals surface area contributed by atoms with E-state index in [1.165, 1.54) is 55.6 Å². The second kappa shape index (κ2) is 9.00. The second-order valence-corrected chi connectivity index (χ2v) is 18.5. The monoisotopic (exact) mass is 359 g/mol. The molecule has 0 amide bonds. The van der Waals surface area contributed by atoms with Gasteiger partial charge in [0.1, 0.15) is 0 Å². The molecule has 1 aromatic rings. The number of nitrogens with zero attached hydrogens (tertiary/aromatic N) is 1. The Kier molecular flexibility index (Phi) is 8.03. The van der Waals surface area contributed by atoms with Crippen molar-refractivity contribution in [2.45, 2.75) is 72.6 Å². The third-order valence-corrected chi connectivity index (χ3v) is 18.9. The molecule has 1 heterocycles. The SMILES string of the molecule is CCC[CH2][Sn]([CH2]CCC)([CH2]CCC)[c]1ccno1. The average molecular weight is 358 g/mol. The summed E-state index contributed by atoms with van der Waals surface area (Å²) in [6, 6.07) is 2.18. The van der Waals surface area contributed by atoms with Crippen molar-refractivity contribution in [3.05, 3.63) is 12.3 Å². The minimum absolute atomic E-state index is 1.31. The van der Waals surface area contributed by atoms with Gasteiger partial charge < -0.3 is 0 Å². The van der Waals surface area contributed by atoms with Crippen LogP contribution in [-0.4, -0.2) is 23.5 Å². The molecule has 104 valence electrons. The fourth-order valence-corrected chi connectivity index (χ4v) is 17.8. The molecule has 0 unspecified atom stereocenters. The molecule has 0 atom stereocenters. The van der Waals surface area contributed by atoms with E-state index >= 15 is 0 Å². The molecule has 0 aromatic carbocycles. The zero-order chi connectivity index (χ0) is 13.3. The van der Waals surface area contributed by atoms with Gasteiger partial charge in [-0.15, -0.1) is 0 Å². The Morgan fingerprint density at radius 2 is 1.44 bits per heavy atom. The van der Waals surface area contributed by atoms with Gasteiger partial charge in [-0.1, -0.05) is 0 Å². The van der Waals surface area contributed by atoms with Crippen molar-refractivity contribution in [3.8, 4) is 0 Å². The van der Waals surface area contributed by atoms with Crippen LogP contribution < -0.4 is 3.78 Å². The van der Waals surface area contributed by atoms with Crippen molar-refractivity contribution < 1.29 is 4.52 Å². The molecule has 0 saturated heterocycles. The summed E-state index contributed by atoms with van der Waals surface area (Å²) >= 11 is -2.26. The van der Waals surface area contributed by atoms with Crippen LogP contribution in [0.25, 0.3) is 0 Å². The first-order chi connectivity index (χ1) is 8.79. The molecule has 18 heavy (non-hydrogen) atoms. The standard InChI is InChI=1S/3C4H9.C3H2NO.Sn/c3*1-3-4-2;1-2-4-5-3-1;/h3*1,3-4H2,2H3;1-2H;. The summed E-state index contributed by atoms with van der Waals surface area (Å²) in [7, 11) is 0. The molecule has 0 bridgehead atoms. The molecule has 3 heteroatoms. The topological polar surface area (TPSA) is 26.0 Å². The van der Waals surface area contributed by atoms with E-state index in [-0.39, 0.29) is 0 Å². The van der Waals surface area contributed by atoms with Gasteiger partial charge in [0.25, 0.3) is 0 Å². The Morgan fingerprint density at radius 1 is 0.944 bits per heavy atom. The Hall–Kier alpha value is 0.00870. The van der Waals surface area contributed by atoms with Gasteiger partial charge in [-0.3, -0.25) is 0 Å². The fourth-order valence-electron chi connectivity index (χ4n) is 2.78. The van der Waals surface area contributed by atoms with E-state index < -0.39 is 18.4 Å². The molecular formula is C15H29NOSn. The quantitative estimate of drug-likeness (QED) is 0.565. The average Bonchev–Trinajstić information content (AvgIpc) is 2.93. The van der Waals surface area contributed by atoms with Crippen molar-refractivity contribution in [2.75, 3.05) is 0 Å². The molecule has 1 aromatic heterocycles. The van der Waals surface area contributed by atoms with Crippen LogP contribution in [0.1, 0.15) is 59.3 Å². The predicted octanol–water partition coefficient (Wildman–Crippen LogP) is 4.73. The van der Waals surface area contributed by atoms with Crippen LogP contribution in [0, 0.1) is 0 Å². The summed E-state index contributed by atoms with van der Waals surface area (Å²) in [4.78, 5) is 0. The summed E-state index contributed by atoms with van der Waals surface area (Å²) in [5.41, 5.74) is 0. The minimum atomic E-state index is -2.26. The Balaban J connectivity index is 2.84. The maximum absolute atomic E-state index is 5.63. The number of hydrogen-bond donors (Lipinski definition) is 0. The van der Waals surface area contributed by atoms with E-state index in [4.69, 9.17) is 4.52 Å². The number of aromatic nitrogens is 1. The molecule has 0 saturated carbocycles. The van der Waals surface area contributed by atoms with Gasteiger partial charge in [0.15, 0.2) is 0 Å². The van der Waals surface area contributed by atoms with E-state index in [1.54, 1.807) is 0 Å². The first-order valence-electron chi connectivity index (χ1n) is 7.70. The molecule has 2 nitrogen and oxygen atoms in total. The summed E-state index contributed by atoms with van der Waals surface area (Å²) in [6.07, 6.45) is 9.92. The van der Waals surface area contributed by atoms with Crippen LogP contribution in [0.3, 0.4) is 0 Å². The summed E-state index contributed by atoms with van der Waals surface area (Å²) in [6.45, 7) is 6.91. The van der Waals surface area contributed by atoms with Crippen LogP contribution in [0.15, 0.2) is 16.8 Å². The molecule has 0 fully saturated rings. The fraction of sp³-hybridized carbons (Fsp3) is 0.800. The molecular weight excluding hydrogens is 329 g/mol. The zero-order valence-corrected chi connectivity index (χ0v) is 15.2. The molecule has 0 N–H and O–H groups in total. The van der Waals surface area contributed by atoms with E-state index in [0.29, 0.717) is 0 Å². The normalized spacial score (nSPS) is 11.9. The maximum atomic E-state index is 5.63. The van der Waals surface area contributed by atoms with E-state index in [2.05, 4.69) is 32.0 Å². The first-order valence-corrected chi connectivity index (χ1v) is 15.2. The van der Waals surface area contributed by atoms with E-state index in [1.807, 2.05) is 6.20 Å². The summed E-state index contributed by atoms with van der Waals surface area (Å²) in [5.74, 6) is 0. The van der Waals surface area contributed by atoms with Crippen LogP contribution in [-0.2, 0) is 0 Å². The Morgan fingerprint density at radius 3 is 1.78 bits per heavy atom. The van der Waals surface area contributed by atoms with Crippen LogP contribution in [0.4, 0.5) is 0 Å². The number of hydrogen-bond acceptors (Lipinski definition) is 2. The Bertz CT molecular complexity index is 276. The van der Waals surface area contributed by atoms with Crippen LogP contribution in [0.5, 0.6) is 0 Å². The molecule has 0 spiro atoms. The van der Waals surface area contributed by atoms with Gasteiger partial charge in [-0.2, -0.15) is 0 Å². The first kappa shape index (κ1) is 16.1. The van der Waals surface area contributed by atoms with Gasteiger partial charge >= 0.3 is 117 Å². The molecule has 1 rings (SSSR count). The van der Waals surface area contributed by atoms with Crippen molar-refractivity contribution in [2.24, 2.45) is 0 Å². The van der Waals surface area contributed by atoms with E-state index in [9.17, 15) is 0 Å². The molecule has 0 aliphatic rings. The molecule has 0 aliphatic carbocycles. The van der Waals surface area contributed by atoms with Gasteiger partial charge in [0.2, 0.25) is 0 Å². The van der Waals surface area contributed by atoms with Crippen LogP contribution in [0.2, 0.25) is 13.3 Å². The molecule has 0 radical (unpaired) electrons. The van der Waals surface area contributed by atoms with E-state index in [0.717, 1.165) is 0 Å².